The molecule has 0 saturated carbocycles. The van der Waals surface area contributed by atoms with Crippen LogP contribution in [0.2, 0.25) is 0 Å². The highest BCUT2D eigenvalue weighted by Gasteiger charge is 2.22. The first-order chi connectivity index (χ1) is 15.1. The van der Waals surface area contributed by atoms with Gasteiger partial charge in [-0.25, -0.2) is 4.99 Å². The Balaban J connectivity index is 0.00000363. The molecule has 1 aromatic carbocycles. The molecule has 8 nitrogen and oxygen atoms in total. The molecule has 0 spiro atoms. The quantitative estimate of drug-likeness (QED) is 0.307. The van der Waals surface area contributed by atoms with Crippen molar-refractivity contribution in [1.82, 2.24) is 20.0 Å². The van der Waals surface area contributed by atoms with Crippen molar-refractivity contribution in [2.75, 3.05) is 58.5 Å². The molecular weight excluding hydrogens is 519 g/mol. The van der Waals surface area contributed by atoms with Gasteiger partial charge in [0.2, 0.25) is 0 Å². The number of aliphatic imine (C=N–C) groups is 1. The molecule has 0 atom stereocenters. The highest BCUT2D eigenvalue weighted by atomic mass is 127. The van der Waals surface area contributed by atoms with Gasteiger partial charge in [-0.05, 0) is 32.9 Å². The van der Waals surface area contributed by atoms with Crippen molar-refractivity contribution in [3.63, 3.8) is 0 Å². The predicted molar refractivity (Wildman–Crippen MR) is 141 cm³/mol. The molecule has 178 valence electrons. The molecule has 1 N–H and O–H groups in total. The molecule has 0 radical (unpaired) electrons. The van der Waals surface area contributed by atoms with Gasteiger partial charge in [-0.15, -0.1) is 24.0 Å². The number of anilines is 1. The molecule has 2 heterocycles. The summed E-state index contributed by atoms with van der Waals surface area (Å²) in [6, 6.07) is 8.22. The molecule has 0 amide bonds. The normalized spacial score (nSPS) is 14.3. The molecule has 1 aromatic heterocycles. The number of hydrogen-bond acceptors (Lipinski definition) is 5. The highest BCUT2D eigenvalue weighted by molar-refractivity contribution is 14.0. The van der Waals surface area contributed by atoms with E-state index >= 15 is 0 Å². The monoisotopic (exact) mass is 556 g/mol. The third kappa shape index (κ3) is 6.28. The Kier molecular flexibility index (Phi) is 10.6. The molecule has 9 heteroatoms. The van der Waals surface area contributed by atoms with Crippen molar-refractivity contribution in [3.05, 3.63) is 41.2 Å². The minimum Gasteiger partial charge on any atom is -0.495 e. The number of guanidine groups is 1. The van der Waals surface area contributed by atoms with Gasteiger partial charge in [-0.3, -0.25) is 4.68 Å². The molecule has 0 bridgehead atoms. The maximum Gasteiger partial charge on any atom is 0.194 e. The first-order valence-corrected chi connectivity index (χ1v) is 11.0. The van der Waals surface area contributed by atoms with Gasteiger partial charge in [0, 0.05) is 51.1 Å². The SMILES string of the molecule is CCNC(=NCc1c(C)nn(CCOC)c1C)N1CCN(c2ccccc2OC)CC1.I. The molecule has 3 rings (SSSR count). The Morgan fingerprint density at radius 3 is 2.50 bits per heavy atom. The van der Waals surface area contributed by atoms with Crippen LogP contribution in [0.1, 0.15) is 23.9 Å². The van der Waals surface area contributed by atoms with Crippen LogP contribution in [-0.2, 0) is 17.8 Å². The van der Waals surface area contributed by atoms with E-state index in [1.165, 1.54) is 5.56 Å². The Morgan fingerprint density at radius 2 is 1.84 bits per heavy atom. The number of nitrogens with zero attached hydrogens (tertiary/aromatic N) is 5. The second kappa shape index (κ2) is 12.9. The predicted octanol–water partition coefficient (Wildman–Crippen LogP) is 3.06. The van der Waals surface area contributed by atoms with Crippen molar-refractivity contribution < 1.29 is 9.47 Å². The molecular formula is C23H37IN6O2. The fraction of sp³-hybridized carbons (Fsp3) is 0.565. The fourth-order valence-electron chi connectivity index (χ4n) is 3.99. The standard InChI is InChI=1S/C23H36N6O2.HI/c1-6-24-23(25-17-20-18(2)26-29(19(20)3)15-16-30-4)28-13-11-27(12-14-28)21-9-7-8-10-22(21)31-5;/h7-10H,6,11-17H2,1-5H3,(H,24,25);1H. The Hall–Kier alpha value is -2.01. The van der Waals surface area contributed by atoms with Crippen LogP contribution in [-0.4, -0.2) is 74.2 Å². The third-order valence-electron chi connectivity index (χ3n) is 5.77. The number of aromatic nitrogens is 2. The summed E-state index contributed by atoms with van der Waals surface area (Å²) in [6.07, 6.45) is 0. The number of benzene rings is 1. The molecule has 2 aromatic rings. The largest absolute Gasteiger partial charge is 0.495 e. The summed E-state index contributed by atoms with van der Waals surface area (Å²) < 4.78 is 12.8. The van der Waals surface area contributed by atoms with Gasteiger partial charge in [0.05, 0.1) is 38.2 Å². The summed E-state index contributed by atoms with van der Waals surface area (Å²) in [5, 5.41) is 8.12. The van der Waals surface area contributed by atoms with Crippen LogP contribution in [0.5, 0.6) is 5.75 Å². The minimum absolute atomic E-state index is 0. The van der Waals surface area contributed by atoms with Crippen LogP contribution in [0.4, 0.5) is 5.69 Å². The van der Waals surface area contributed by atoms with Crippen LogP contribution in [0.15, 0.2) is 29.3 Å². The lowest BCUT2D eigenvalue weighted by Gasteiger charge is -2.38. The topological polar surface area (TPSA) is 67.2 Å². The number of nitrogens with one attached hydrogen (secondary N) is 1. The first-order valence-electron chi connectivity index (χ1n) is 11.0. The number of aryl methyl sites for hydroxylation is 1. The van der Waals surface area contributed by atoms with Crippen molar-refractivity contribution in [2.45, 2.75) is 33.9 Å². The highest BCUT2D eigenvalue weighted by Crippen LogP contribution is 2.28. The zero-order valence-electron chi connectivity index (χ0n) is 19.9. The van der Waals surface area contributed by atoms with E-state index in [9.17, 15) is 0 Å². The van der Waals surface area contributed by atoms with Crippen molar-refractivity contribution in [1.29, 1.82) is 0 Å². The maximum absolute atomic E-state index is 5.54. The van der Waals surface area contributed by atoms with Crippen LogP contribution >= 0.6 is 24.0 Å². The Bertz CT molecular complexity index is 877. The van der Waals surface area contributed by atoms with E-state index in [1.54, 1.807) is 14.2 Å². The lowest BCUT2D eigenvalue weighted by atomic mass is 10.2. The van der Waals surface area contributed by atoms with Gasteiger partial charge < -0.3 is 24.6 Å². The van der Waals surface area contributed by atoms with Gasteiger partial charge >= 0.3 is 0 Å². The van der Waals surface area contributed by atoms with Gasteiger partial charge in [-0.2, -0.15) is 5.10 Å². The molecule has 32 heavy (non-hydrogen) atoms. The van der Waals surface area contributed by atoms with Crippen molar-refractivity contribution in [3.8, 4) is 5.75 Å². The van der Waals surface area contributed by atoms with E-state index < -0.39 is 0 Å². The van der Waals surface area contributed by atoms with E-state index in [2.05, 4.69) is 53.1 Å². The van der Waals surface area contributed by atoms with Gasteiger partial charge in [0.15, 0.2) is 5.96 Å². The molecule has 0 unspecified atom stereocenters. The smallest absolute Gasteiger partial charge is 0.194 e. The minimum atomic E-state index is 0. The van der Waals surface area contributed by atoms with Crippen LogP contribution in [0.25, 0.3) is 0 Å². The number of hydrogen-bond donors (Lipinski definition) is 1. The third-order valence-corrected chi connectivity index (χ3v) is 5.77. The zero-order valence-corrected chi connectivity index (χ0v) is 22.3. The summed E-state index contributed by atoms with van der Waals surface area (Å²) in [4.78, 5) is 9.68. The summed E-state index contributed by atoms with van der Waals surface area (Å²) in [5.74, 6) is 1.89. The van der Waals surface area contributed by atoms with Gasteiger partial charge in [0.1, 0.15) is 5.75 Å². The lowest BCUT2D eigenvalue weighted by Crippen LogP contribution is -2.52. The van der Waals surface area contributed by atoms with Gasteiger partial charge in [-0.1, -0.05) is 12.1 Å². The van der Waals surface area contributed by atoms with Crippen molar-refractivity contribution >= 4 is 35.6 Å². The summed E-state index contributed by atoms with van der Waals surface area (Å²) in [5.41, 5.74) is 4.55. The van der Waals surface area contributed by atoms with E-state index in [-0.39, 0.29) is 24.0 Å². The number of piperazine rings is 1. The van der Waals surface area contributed by atoms with E-state index in [0.717, 1.165) is 68.1 Å². The second-order valence-electron chi connectivity index (χ2n) is 7.68. The van der Waals surface area contributed by atoms with Crippen LogP contribution in [0.3, 0.4) is 0 Å². The average Bonchev–Trinajstić information content (AvgIpc) is 3.07. The summed E-state index contributed by atoms with van der Waals surface area (Å²) >= 11 is 0. The molecule has 1 fully saturated rings. The first kappa shape index (κ1) is 26.2. The number of rotatable bonds is 8. The fourth-order valence-corrected chi connectivity index (χ4v) is 3.99. The van der Waals surface area contributed by atoms with E-state index in [0.29, 0.717) is 13.2 Å². The van der Waals surface area contributed by atoms with E-state index in [4.69, 9.17) is 14.5 Å². The number of ether oxygens (including phenoxy) is 2. The molecule has 0 aliphatic carbocycles. The number of para-hydroxylation sites is 2. The Morgan fingerprint density at radius 1 is 1.12 bits per heavy atom. The summed E-state index contributed by atoms with van der Waals surface area (Å²) in [7, 11) is 3.44. The van der Waals surface area contributed by atoms with Gasteiger partial charge in [0.25, 0.3) is 0 Å². The molecule has 1 aliphatic rings. The molecule has 1 saturated heterocycles. The van der Waals surface area contributed by atoms with E-state index in [1.807, 2.05) is 16.8 Å². The molecule has 1 aliphatic heterocycles. The second-order valence-corrected chi connectivity index (χ2v) is 7.68. The summed E-state index contributed by atoms with van der Waals surface area (Å²) in [6.45, 7) is 12.8. The Labute approximate surface area is 209 Å². The van der Waals surface area contributed by atoms with Crippen molar-refractivity contribution in [2.24, 2.45) is 4.99 Å². The van der Waals surface area contributed by atoms with Crippen LogP contribution < -0.4 is 15.0 Å². The number of methoxy groups -OCH3 is 2. The zero-order chi connectivity index (χ0) is 22.2. The van der Waals surface area contributed by atoms with Crippen LogP contribution in [0, 0.1) is 13.8 Å². The lowest BCUT2D eigenvalue weighted by molar-refractivity contribution is 0.182. The average molecular weight is 556 g/mol. The number of halogens is 1. The maximum atomic E-state index is 5.54.